The molecule has 0 bridgehead atoms. The average Bonchev–Trinajstić information content (AvgIpc) is 2.74. The summed E-state index contributed by atoms with van der Waals surface area (Å²) in [7, 11) is 0. The summed E-state index contributed by atoms with van der Waals surface area (Å²) in [6, 6.07) is 4.15. The lowest BCUT2D eigenvalue weighted by atomic mass is 10.1. The van der Waals surface area contributed by atoms with Gasteiger partial charge in [-0.3, -0.25) is 5.10 Å². The largest absolute Gasteiger partial charge is 0.504 e. The van der Waals surface area contributed by atoms with Gasteiger partial charge in [-0.05, 0) is 34.1 Å². The molecular formula is C10H7BrN2O4. The summed E-state index contributed by atoms with van der Waals surface area (Å²) in [5, 5.41) is 33.7. The van der Waals surface area contributed by atoms with Crippen LogP contribution >= 0.6 is 15.9 Å². The Morgan fingerprint density at radius 3 is 2.53 bits per heavy atom. The highest BCUT2D eigenvalue weighted by molar-refractivity contribution is 9.10. The fourth-order valence-electron chi connectivity index (χ4n) is 1.31. The first-order valence-corrected chi connectivity index (χ1v) is 5.29. The molecule has 0 fully saturated rings. The summed E-state index contributed by atoms with van der Waals surface area (Å²) in [6.45, 7) is 0. The van der Waals surface area contributed by atoms with Crippen molar-refractivity contribution in [2.75, 3.05) is 0 Å². The molecule has 88 valence electrons. The van der Waals surface area contributed by atoms with Crippen LogP contribution in [0, 0.1) is 0 Å². The van der Waals surface area contributed by atoms with Crippen LogP contribution < -0.4 is 0 Å². The molecule has 1 aromatic heterocycles. The second-order valence-electron chi connectivity index (χ2n) is 3.30. The molecule has 0 saturated carbocycles. The Kier molecular flexibility index (Phi) is 2.76. The Bertz CT molecular complexity index is 571. The number of aromatic hydroxyl groups is 2. The quantitative estimate of drug-likeness (QED) is 0.634. The summed E-state index contributed by atoms with van der Waals surface area (Å²) in [6.07, 6.45) is 0. The SMILES string of the molecule is O=C(O)c1cc(-c2cc(O)c(O)c(Br)c2)n[nH]1. The summed E-state index contributed by atoms with van der Waals surface area (Å²) in [5.41, 5.74) is 0.790. The smallest absolute Gasteiger partial charge is 0.353 e. The second kappa shape index (κ2) is 4.10. The number of aromatic amines is 1. The van der Waals surface area contributed by atoms with Crippen LogP contribution in [0.2, 0.25) is 0 Å². The topological polar surface area (TPSA) is 106 Å². The highest BCUT2D eigenvalue weighted by Crippen LogP contribution is 2.37. The Labute approximate surface area is 104 Å². The first-order chi connectivity index (χ1) is 7.99. The molecule has 6 nitrogen and oxygen atoms in total. The van der Waals surface area contributed by atoms with Gasteiger partial charge in [0, 0.05) is 5.56 Å². The van der Waals surface area contributed by atoms with Crippen molar-refractivity contribution >= 4 is 21.9 Å². The maximum atomic E-state index is 10.7. The third-order valence-electron chi connectivity index (χ3n) is 2.15. The number of nitrogens with one attached hydrogen (secondary N) is 1. The Morgan fingerprint density at radius 1 is 1.29 bits per heavy atom. The number of aromatic nitrogens is 2. The molecule has 0 radical (unpaired) electrons. The third kappa shape index (κ3) is 2.09. The number of carboxylic acid groups (broad SMARTS) is 1. The molecule has 0 aliphatic carbocycles. The molecule has 0 spiro atoms. The maximum Gasteiger partial charge on any atom is 0.353 e. The van der Waals surface area contributed by atoms with Crippen LogP contribution in [0.3, 0.4) is 0 Å². The molecule has 0 unspecified atom stereocenters. The second-order valence-corrected chi connectivity index (χ2v) is 4.15. The van der Waals surface area contributed by atoms with E-state index in [1.165, 1.54) is 18.2 Å². The number of halogens is 1. The van der Waals surface area contributed by atoms with E-state index < -0.39 is 5.97 Å². The van der Waals surface area contributed by atoms with Gasteiger partial charge in [0.05, 0.1) is 10.2 Å². The standard InChI is InChI=1S/C10H7BrN2O4/c11-5-1-4(2-8(14)9(5)15)6-3-7(10(16)17)13-12-6/h1-3,14-15H,(H,12,13)(H,16,17). The van der Waals surface area contributed by atoms with Crippen molar-refractivity contribution in [3.8, 4) is 22.8 Å². The van der Waals surface area contributed by atoms with E-state index in [0.29, 0.717) is 15.7 Å². The average molecular weight is 299 g/mol. The molecule has 0 amide bonds. The van der Waals surface area contributed by atoms with Gasteiger partial charge in [-0.2, -0.15) is 5.10 Å². The van der Waals surface area contributed by atoms with E-state index in [2.05, 4.69) is 26.1 Å². The van der Waals surface area contributed by atoms with Crippen molar-refractivity contribution in [1.82, 2.24) is 10.2 Å². The highest BCUT2D eigenvalue weighted by Gasteiger charge is 2.13. The molecule has 4 N–H and O–H groups in total. The van der Waals surface area contributed by atoms with E-state index in [-0.39, 0.29) is 17.2 Å². The van der Waals surface area contributed by atoms with Crippen molar-refractivity contribution in [2.24, 2.45) is 0 Å². The number of H-pyrrole nitrogens is 1. The van der Waals surface area contributed by atoms with E-state index in [0.717, 1.165) is 0 Å². The minimum atomic E-state index is -1.12. The van der Waals surface area contributed by atoms with Crippen LogP contribution in [0.15, 0.2) is 22.7 Å². The predicted molar refractivity (Wildman–Crippen MR) is 62.0 cm³/mol. The van der Waals surface area contributed by atoms with Gasteiger partial charge < -0.3 is 15.3 Å². The van der Waals surface area contributed by atoms with Gasteiger partial charge in [-0.1, -0.05) is 0 Å². The first-order valence-electron chi connectivity index (χ1n) is 4.49. The van der Waals surface area contributed by atoms with E-state index in [9.17, 15) is 15.0 Å². The third-order valence-corrected chi connectivity index (χ3v) is 2.75. The Balaban J connectivity index is 2.49. The van der Waals surface area contributed by atoms with Crippen molar-refractivity contribution in [3.63, 3.8) is 0 Å². The fraction of sp³-hybridized carbons (Fsp3) is 0. The minimum absolute atomic E-state index is 0.0521. The molecule has 2 rings (SSSR count). The van der Waals surface area contributed by atoms with Gasteiger partial charge in [0.15, 0.2) is 11.5 Å². The van der Waals surface area contributed by atoms with Gasteiger partial charge in [-0.25, -0.2) is 4.79 Å². The van der Waals surface area contributed by atoms with Crippen LogP contribution in [0.4, 0.5) is 0 Å². The van der Waals surface area contributed by atoms with E-state index in [1.54, 1.807) is 0 Å². The van der Waals surface area contributed by atoms with Gasteiger partial charge in [-0.15, -0.1) is 0 Å². The van der Waals surface area contributed by atoms with Crippen molar-refractivity contribution in [2.45, 2.75) is 0 Å². The number of phenolic OH excluding ortho intramolecular Hbond substituents is 2. The van der Waals surface area contributed by atoms with Crippen LogP contribution in [0.1, 0.15) is 10.5 Å². The van der Waals surface area contributed by atoms with Gasteiger partial charge in [0.25, 0.3) is 0 Å². The Hall–Kier alpha value is -2.02. The fourth-order valence-corrected chi connectivity index (χ4v) is 1.76. The van der Waals surface area contributed by atoms with Gasteiger partial charge >= 0.3 is 5.97 Å². The molecule has 1 aromatic carbocycles. The summed E-state index contributed by atoms with van der Waals surface area (Å²) in [5.74, 6) is -1.71. The minimum Gasteiger partial charge on any atom is -0.504 e. The lowest BCUT2D eigenvalue weighted by Gasteiger charge is -2.03. The lowest BCUT2D eigenvalue weighted by molar-refractivity contribution is 0.0690. The number of nitrogens with zero attached hydrogens (tertiary/aromatic N) is 1. The summed E-state index contributed by atoms with van der Waals surface area (Å²) in [4.78, 5) is 10.7. The molecule has 0 saturated heterocycles. The molecular weight excluding hydrogens is 292 g/mol. The number of hydrogen-bond acceptors (Lipinski definition) is 4. The zero-order chi connectivity index (χ0) is 12.6. The molecule has 7 heteroatoms. The molecule has 0 aliphatic rings. The molecule has 1 heterocycles. The van der Waals surface area contributed by atoms with Crippen LogP contribution in [-0.2, 0) is 0 Å². The molecule has 2 aromatic rings. The monoisotopic (exact) mass is 298 g/mol. The molecule has 0 aliphatic heterocycles. The molecule has 17 heavy (non-hydrogen) atoms. The number of aromatic carboxylic acids is 1. The van der Waals surface area contributed by atoms with E-state index in [4.69, 9.17) is 5.11 Å². The Morgan fingerprint density at radius 2 is 2.00 bits per heavy atom. The van der Waals surface area contributed by atoms with Gasteiger partial charge in [0.1, 0.15) is 5.69 Å². The number of benzene rings is 1. The zero-order valence-electron chi connectivity index (χ0n) is 8.31. The summed E-state index contributed by atoms with van der Waals surface area (Å²) >= 11 is 3.07. The van der Waals surface area contributed by atoms with Crippen LogP contribution in [-0.4, -0.2) is 31.5 Å². The zero-order valence-corrected chi connectivity index (χ0v) is 9.89. The van der Waals surface area contributed by atoms with Crippen molar-refractivity contribution < 1.29 is 20.1 Å². The highest BCUT2D eigenvalue weighted by atomic mass is 79.9. The maximum absolute atomic E-state index is 10.7. The number of hydrogen-bond donors (Lipinski definition) is 4. The van der Waals surface area contributed by atoms with Crippen LogP contribution in [0.25, 0.3) is 11.3 Å². The van der Waals surface area contributed by atoms with E-state index in [1.807, 2.05) is 0 Å². The number of carbonyl (C=O) groups is 1. The predicted octanol–water partition coefficient (Wildman–Crippen LogP) is 1.95. The number of rotatable bonds is 2. The normalized spacial score (nSPS) is 10.4. The van der Waals surface area contributed by atoms with Crippen molar-refractivity contribution in [1.29, 1.82) is 0 Å². The van der Waals surface area contributed by atoms with Crippen LogP contribution in [0.5, 0.6) is 11.5 Å². The number of phenols is 2. The van der Waals surface area contributed by atoms with E-state index >= 15 is 0 Å². The first kappa shape index (κ1) is 11.5. The lowest BCUT2D eigenvalue weighted by Crippen LogP contribution is -1.95. The summed E-state index contributed by atoms with van der Waals surface area (Å²) < 4.78 is 0.298. The van der Waals surface area contributed by atoms with Crippen molar-refractivity contribution in [3.05, 3.63) is 28.4 Å². The number of carboxylic acids is 1. The molecule has 0 atom stereocenters. The van der Waals surface area contributed by atoms with Gasteiger partial charge in [0.2, 0.25) is 0 Å².